The number of rotatable bonds is 10. The lowest BCUT2D eigenvalue weighted by Gasteiger charge is -2.11. The highest BCUT2D eigenvalue weighted by molar-refractivity contribution is 8.14. The van der Waals surface area contributed by atoms with E-state index >= 15 is 0 Å². The number of aliphatic imine (C=N–C) groups is 1. The van der Waals surface area contributed by atoms with Crippen LogP contribution in [-0.4, -0.2) is 52.8 Å². The number of thioether (sulfide) groups is 1. The molecule has 1 unspecified atom stereocenters. The molecule has 1 atom stereocenters. The van der Waals surface area contributed by atoms with Gasteiger partial charge in [-0.25, -0.2) is 4.79 Å². The number of hydrogen-bond acceptors (Lipinski definition) is 6. The number of unbranched alkanes of at least 4 members (excludes halogenated alkanes) is 3. The van der Waals surface area contributed by atoms with Gasteiger partial charge in [0.2, 0.25) is 0 Å². The van der Waals surface area contributed by atoms with E-state index in [1.54, 1.807) is 32.2 Å². The zero-order valence-corrected chi connectivity index (χ0v) is 15.5. The van der Waals surface area contributed by atoms with Crippen molar-refractivity contribution in [1.82, 2.24) is 0 Å². The highest BCUT2D eigenvalue weighted by Gasteiger charge is 2.38. The van der Waals surface area contributed by atoms with E-state index < -0.39 is 11.5 Å². The number of phenols is 1. The lowest BCUT2D eigenvalue weighted by Crippen LogP contribution is -2.33. The number of benzene rings is 1. The summed E-state index contributed by atoms with van der Waals surface area (Å²) in [4.78, 5) is 15.5. The van der Waals surface area contributed by atoms with E-state index in [2.05, 4.69) is 4.99 Å². The molecule has 0 amide bonds. The van der Waals surface area contributed by atoms with Crippen LogP contribution in [0.3, 0.4) is 0 Å². The third kappa shape index (κ3) is 5.37. The fraction of sp³-hybridized carbons (Fsp3) is 0.556. The van der Waals surface area contributed by atoms with Gasteiger partial charge in [0, 0.05) is 31.1 Å². The second kappa shape index (κ2) is 9.10. The van der Waals surface area contributed by atoms with Crippen LogP contribution in [0.1, 0.15) is 38.2 Å². The van der Waals surface area contributed by atoms with Gasteiger partial charge in [0.25, 0.3) is 0 Å². The second-order valence-corrected chi connectivity index (χ2v) is 7.18. The predicted octanol–water partition coefficient (Wildman–Crippen LogP) is 3.31. The zero-order chi connectivity index (χ0) is 18.3. The number of aromatic hydroxyl groups is 1. The summed E-state index contributed by atoms with van der Waals surface area (Å²) in [6, 6.07) is 5.06. The van der Waals surface area contributed by atoms with Gasteiger partial charge in [-0.2, -0.15) is 0 Å². The maximum atomic E-state index is 11.3. The van der Waals surface area contributed by atoms with E-state index in [4.69, 9.17) is 9.47 Å². The van der Waals surface area contributed by atoms with Crippen LogP contribution < -0.4 is 4.74 Å². The lowest BCUT2D eigenvalue weighted by atomic mass is 10.1. The maximum absolute atomic E-state index is 11.3. The van der Waals surface area contributed by atoms with Crippen molar-refractivity contribution in [1.29, 1.82) is 0 Å². The van der Waals surface area contributed by atoms with Gasteiger partial charge in [0.15, 0.2) is 5.54 Å². The first-order valence-corrected chi connectivity index (χ1v) is 9.36. The molecule has 1 aromatic rings. The Morgan fingerprint density at radius 2 is 2.00 bits per heavy atom. The van der Waals surface area contributed by atoms with E-state index in [9.17, 15) is 15.0 Å². The van der Waals surface area contributed by atoms with Gasteiger partial charge in [-0.15, -0.1) is 11.8 Å². The molecule has 0 bridgehead atoms. The molecule has 1 aromatic carbocycles. The molecule has 0 radical (unpaired) electrons. The molecule has 0 aromatic heterocycles. The first kappa shape index (κ1) is 19.6. The predicted molar refractivity (Wildman–Crippen MR) is 99.0 cm³/mol. The van der Waals surface area contributed by atoms with Crippen molar-refractivity contribution in [2.75, 3.05) is 26.1 Å². The number of carboxylic acid groups (broad SMARTS) is 1. The number of carboxylic acids is 1. The number of phenolic OH excluding ortho intramolecular Hbond substituents is 1. The average Bonchev–Trinajstić information content (AvgIpc) is 2.98. The van der Waals surface area contributed by atoms with Gasteiger partial charge >= 0.3 is 5.97 Å². The summed E-state index contributed by atoms with van der Waals surface area (Å²) in [7, 11) is 1.71. The third-order valence-electron chi connectivity index (χ3n) is 4.01. The van der Waals surface area contributed by atoms with Crippen molar-refractivity contribution in [2.24, 2.45) is 4.99 Å². The molecule has 0 saturated carbocycles. The molecule has 1 aliphatic heterocycles. The largest absolute Gasteiger partial charge is 0.507 e. The van der Waals surface area contributed by atoms with Crippen molar-refractivity contribution >= 4 is 22.8 Å². The van der Waals surface area contributed by atoms with Crippen LogP contribution in [0, 0.1) is 0 Å². The summed E-state index contributed by atoms with van der Waals surface area (Å²) >= 11 is 1.34. The maximum Gasteiger partial charge on any atom is 0.332 e. The monoisotopic (exact) mass is 367 g/mol. The first-order valence-electron chi connectivity index (χ1n) is 8.37. The fourth-order valence-corrected chi connectivity index (χ4v) is 3.62. The highest BCUT2D eigenvalue weighted by Crippen LogP contribution is 2.35. The van der Waals surface area contributed by atoms with E-state index in [1.165, 1.54) is 11.8 Å². The Balaban J connectivity index is 1.88. The number of carbonyl (C=O) groups is 1. The van der Waals surface area contributed by atoms with E-state index in [0.29, 0.717) is 28.7 Å². The Morgan fingerprint density at radius 1 is 1.28 bits per heavy atom. The minimum absolute atomic E-state index is 0.0542. The fourth-order valence-electron chi connectivity index (χ4n) is 2.42. The van der Waals surface area contributed by atoms with Gasteiger partial charge in [-0.05, 0) is 38.3 Å². The van der Waals surface area contributed by atoms with Crippen molar-refractivity contribution < 1.29 is 24.5 Å². The molecule has 25 heavy (non-hydrogen) atoms. The number of aliphatic carboxylic acids is 1. The van der Waals surface area contributed by atoms with E-state index in [-0.39, 0.29) is 5.75 Å². The van der Waals surface area contributed by atoms with Crippen LogP contribution in [0.25, 0.3) is 0 Å². The molecule has 2 rings (SSSR count). The third-order valence-corrected chi connectivity index (χ3v) is 5.30. The normalized spacial score (nSPS) is 19.7. The van der Waals surface area contributed by atoms with Crippen molar-refractivity contribution in [3.63, 3.8) is 0 Å². The van der Waals surface area contributed by atoms with Gasteiger partial charge < -0.3 is 19.7 Å². The average molecular weight is 367 g/mol. The standard InChI is InChI=1S/C18H25NO5S/c1-18(17(21)22)12-25-16(19-18)14-8-7-13(11-15(14)20)24-10-6-4-3-5-9-23-2/h7-8,11,20H,3-6,9-10,12H2,1-2H3,(H,21,22). The molecule has 0 fully saturated rings. The molecule has 2 N–H and O–H groups in total. The quantitative estimate of drug-likeness (QED) is 0.617. The van der Waals surface area contributed by atoms with Gasteiger partial charge in [0.05, 0.1) is 6.61 Å². The van der Waals surface area contributed by atoms with E-state index in [1.807, 2.05) is 0 Å². The number of methoxy groups -OCH3 is 1. The van der Waals surface area contributed by atoms with Crippen LogP contribution >= 0.6 is 11.8 Å². The molecule has 0 spiro atoms. The summed E-state index contributed by atoms with van der Waals surface area (Å²) in [5, 5.41) is 20.0. The molecule has 0 saturated heterocycles. The van der Waals surface area contributed by atoms with Crippen molar-refractivity contribution in [2.45, 2.75) is 38.1 Å². The molecular weight excluding hydrogens is 342 g/mol. The number of ether oxygens (including phenoxy) is 2. The molecule has 7 heteroatoms. The smallest absolute Gasteiger partial charge is 0.332 e. The zero-order valence-electron chi connectivity index (χ0n) is 14.7. The Kier molecular flexibility index (Phi) is 7.13. The summed E-state index contributed by atoms with van der Waals surface area (Å²) in [6.45, 7) is 2.97. The minimum Gasteiger partial charge on any atom is -0.507 e. The number of nitrogens with zero attached hydrogens (tertiary/aromatic N) is 1. The minimum atomic E-state index is -1.13. The Bertz CT molecular complexity index is 634. The number of hydrogen-bond donors (Lipinski definition) is 2. The van der Waals surface area contributed by atoms with Gasteiger partial charge in [0.1, 0.15) is 16.5 Å². The van der Waals surface area contributed by atoms with E-state index in [0.717, 1.165) is 32.3 Å². The second-order valence-electron chi connectivity index (χ2n) is 6.22. The summed E-state index contributed by atoms with van der Waals surface area (Å²) in [6.07, 6.45) is 4.20. The van der Waals surface area contributed by atoms with Crippen molar-refractivity contribution in [3.8, 4) is 11.5 Å². The molecule has 1 heterocycles. The Hall–Kier alpha value is -1.73. The van der Waals surface area contributed by atoms with Crippen LogP contribution in [-0.2, 0) is 9.53 Å². The molecule has 1 aliphatic rings. The highest BCUT2D eigenvalue weighted by atomic mass is 32.2. The lowest BCUT2D eigenvalue weighted by molar-refractivity contribution is -0.141. The Labute approximate surface area is 152 Å². The van der Waals surface area contributed by atoms with Crippen molar-refractivity contribution in [3.05, 3.63) is 23.8 Å². The summed E-state index contributed by atoms with van der Waals surface area (Å²) < 4.78 is 10.7. The van der Waals surface area contributed by atoms with Crippen LogP contribution in [0.2, 0.25) is 0 Å². The van der Waals surface area contributed by atoms with Gasteiger partial charge in [-0.1, -0.05) is 6.42 Å². The van der Waals surface area contributed by atoms with Crippen LogP contribution in [0.5, 0.6) is 11.5 Å². The summed E-state index contributed by atoms with van der Waals surface area (Å²) in [5.74, 6) is 0.0551. The summed E-state index contributed by atoms with van der Waals surface area (Å²) in [5.41, 5.74) is -0.591. The Morgan fingerprint density at radius 3 is 2.60 bits per heavy atom. The molecule has 0 aliphatic carbocycles. The first-order chi connectivity index (χ1) is 12.0. The molecular formula is C18H25NO5S. The van der Waals surface area contributed by atoms with Crippen LogP contribution in [0.15, 0.2) is 23.2 Å². The molecule has 6 nitrogen and oxygen atoms in total. The topological polar surface area (TPSA) is 88.4 Å². The van der Waals surface area contributed by atoms with Crippen LogP contribution in [0.4, 0.5) is 0 Å². The SMILES string of the molecule is COCCCCCCOc1ccc(C2=NC(C)(C(=O)O)CS2)c(O)c1. The van der Waals surface area contributed by atoms with Gasteiger partial charge in [-0.3, -0.25) is 4.99 Å². The molecule has 138 valence electrons.